The molecule has 1 heterocycles. The highest BCUT2D eigenvalue weighted by Gasteiger charge is 2.46. The molecule has 1 aliphatic heterocycles. The number of methoxy groups -OCH3 is 3. The predicted octanol–water partition coefficient (Wildman–Crippen LogP) is 5.13. The molecule has 0 N–H and O–H groups in total. The molecular weight excluding hydrogens is 392 g/mol. The van der Waals surface area contributed by atoms with Gasteiger partial charge in [0.15, 0.2) is 11.5 Å². The molecule has 0 bridgehead atoms. The molecule has 3 aromatic carbocycles. The molecule has 0 saturated heterocycles. The Morgan fingerprint density at radius 2 is 1.68 bits per heavy atom. The minimum Gasteiger partial charge on any atom is -0.493 e. The number of hydrogen-bond acceptors (Lipinski definition) is 5. The van der Waals surface area contributed by atoms with Crippen molar-refractivity contribution in [3.8, 4) is 23.0 Å². The van der Waals surface area contributed by atoms with Crippen LogP contribution < -0.4 is 18.9 Å². The molecule has 5 rings (SSSR count). The molecule has 0 aromatic heterocycles. The van der Waals surface area contributed by atoms with E-state index in [4.69, 9.17) is 18.9 Å². The Balaban J connectivity index is 1.80. The van der Waals surface area contributed by atoms with Gasteiger partial charge in [0.05, 0.1) is 27.2 Å². The Bertz CT molecular complexity index is 1130. The summed E-state index contributed by atoms with van der Waals surface area (Å²) in [6, 6.07) is 16.3. The lowest BCUT2D eigenvalue weighted by atomic mass is 9.68. The minimum absolute atomic E-state index is 0.126. The number of hydrogen-bond donors (Lipinski definition) is 0. The lowest BCUT2D eigenvalue weighted by Gasteiger charge is -2.42. The van der Waals surface area contributed by atoms with Crippen molar-refractivity contribution in [1.29, 1.82) is 0 Å². The van der Waals surface area contributed by atoms with Crippen LogP contribution in [0.1, 0.15) is 36.3 Å². The first-order chi connectivity index (χ1) is 15.2. The Morgan fingerprint density at radius 3 is 2.39 bits per heavy atom. The maximum absolute atomic E-state index is 13.2. The van der Waals surface area contributed by atoms with Crippen molar-refractivity contribution in [2.45, 2.75) is 31.3 Å². The second-order valence-corrected chi connectivity index (χ2v) is 8.18. The number of fused-ring (bicyclic) bond motifs is 4. The number of benzene rings is 3. The van der Waals surface area contributed by atoms with Gasteiger partial charge in [0.25, 0.3) is 0 Å². The molecular formula is C26H26O5. The summed E-state index contributed by atoms with van der Waals surface area (Å²) in [5, 5.41) is 2.24. The summed E-state index contributed by atoms with van der Waals surface area (Å²) in [7, 11) is 4.82. The second-order valence-electron chi connectivity index (χ2n) is 8.18. The van der Waals surface area contributed by atoms with Crippen LogP contribution in [0, 0.1) is 5.92 Å². The van der Waals surface area contributed by atoms with Crippen LogP contribution in [0.4, 0.5) is 0 Å². The van der Waals surface area contributed by atoms with Crippen molar-refractivity contribution in [1.82, 2.24) is 0 Å². The normalized spacial score (nSPS) is 22.3. The van der Waals surface area contributed by atoms with Gasteiger partial charge in [-0.15, -0.1) is 0 Å². The highest BCUT2D eigenvalue weighted by Crippen LogP contribution is 2.52. The Hall–Kier alpha value is -3.21. The SMILES string of the molecule is COc1cc(C2c3c(ccc4ccccc34)OC3CCCC(=O)C32)cc(OC)c1OC. The maximum atomic E-state index is 13.2. The fraction of sp³-hybridized carbons (Fsp3) is 0.346. The molecule has 3 atom stereocenters. The second kappa shape index (κ2) is 7.80. The zero-order chi connectivity index (χ0) is 21.5. The van der Waals surface area contributed by atoms with E-state index >= 15 is 0 Å². The van der Waals surface area contributed by atoms with Gasteiger partial charge in [0.2, 0.25) is 5.75 Å². The Kier molecular flexibility index (Phi) is 4.97. The Morgan fingerprint density at radius 1 is 0.935 bits per heavy atom. The third-order valence-corrected chi connectivity index (χ3v) is 6.61. The van der Waals surface area contributed by atoms with Crippen molar-refractivity contribution < 1.29 is 23.7 Å². The molecule has 5 heteroatoms. The van der Waals surface area contributed by atoms with Gasteiger partial charge in [-0.25, -0.2) is 0 Å². The number of carbonyl (C=O) groups is 1. The lowest BCUT2D eigenvalue weighted by molar-refractivity contribution is -0.130. The highest BCUT2D eigenvalue weighted by atomic mass is 16.5. The van der Waals surface area contributed by atoms with Crippen LogP contribution in [0.5, 0.6) is 23.0 Å². The standard InChI is InChI=1S/C26H26O5/c1-28-21-13-16(14-22(29-2)26(21)30-3)23-24-17-8-5-4-7-15(17)11-12-20(24)31-19-10-6-9-18(27)25(19)23/h4-5,7-8,11-14,19,23,25H,6,9-10H2,1-3H3. The zero-order valence-corrected chi connectivity index (χ0v) is 18.0. The molecule has 160 valence electrons. The number of Topliss-reactive ketones (excluding diaryl/α,β-unsaturated/α-hetero) is 1. The molecule has 5 nitrogen and oxygen atoms in total. The van der Waals surface area contributed by atoms with Gasteiger partial charge in [0.1, 0.15) is 17.6 Å². The van der Waals surface area contributed by atoms with Crippen LogP contribution in [0.3, 0.4) is 0 Å². The van der Waals surface area contributed by atoms with Crippen molar-refractivity contribution in [2.75, 3.05) is 21.3 Å². The summed E-state index contributed by atoms with van der Waals surface area (Å²) < 4.78 is 23.2. The van der Waals surface area contributed by atoms with Gasteiger partial charge in [0, 0.05) is 17.9 Å². The molecule has 1 fully saturated rings. The summed E-state index contributed by atoms with van der Waals surface area (Å²) in [4.78, 5) is 13.2. The van der Waals surface area contributed by atoms with E-state index in [0.717, 1.165) is 40.5 Å². The fourth-order valence-corrected chi connectivity index (χ4v) is 5.26. The van der Waals surface area contributed by atoms with Gasteiger partial charge in [-0.2, -0.15) is 0 Å². The monoisotopic (exact) mass is 418 g/mol. The number of ketones is 1. The predicted molar refractivity (Wildman–Crippen MR) is 119 cm³/mol. The average Bonchev–Trinajstić information content (AvgIpc) is 2.81. The van der Waals surface area contributed by atoms with E-state index in [9.17, 15) is 4.79 Å². The number of carbonyl (C=O) groups excluding carboxylic acids is 1. The van der Waals surface area contributed by atoms with E-state index in [0.29, 0.717) is 23.7 Å². The molecule has 0 spiro atoms. The molecule has 0 radical (unpaired) electrons. The zero-order valence-electron chi connectivity index (χ0n) is 18.0. The summed E-state index contributed by atoms with van der Waals surface area (Å²) >= 11 is 0. The first kappa shape index (κ1) is 19.7. The highest BCUT2D eigenvalue weighted by molar-refractivity contribution is 5.92. The van der Waals surface area contributed by atoms with E-state index in [1.165, 1.54) is 0 Å². The lowest BCUT2D eigenvalue weighted by Crippen LogP contribution is -2.44. The summed E-state index contributed by atoms with van der Waals surface area (Å²) in [5.41, 5.74) is 2.03. The molecule has 3 unspecified atom stereocenters. The molecule has 3 aromatic rings. The van der Waals surface area contributed by atoms with Gasteiger partial charge >= 0.3 is 0 Å². The van der Waals surface area contributed by atoms with Crippen LogP contribution in [0.15, 0.2) is 48.5 Å². The van der Waals surface area contributed by atoms with Crippen molar-refractivity contribution in [2.24, 2.45) is 5.92 Å². The van der Waals surface area contributed by atoms with Crippen LogP contribution >= 0.6 is 0 Å². The molecule has 1 saturated carbocycles. The molecule has 2 aliphatic rings. The topological polar surface area (TPSA) is 54.0 Å². The van der Waals surface area contributed by atoms with Crippen molar-refractivity contribution >= 4 is 16.6 Å². The van der Waals surface area contributed by atoms with E-state index in [2.05, 4.69) is 18.2 Å². The maximum Gasteiger partial charge on any atom is 0.203 e. The number of ether oxygens (including phenoxy) is 4. The van der Waals surface area contributed by atoms with Crippen molar-refractivity contribution in [3.63, 3.8) is 0 Å². The summed E-state index contributed by atoms with van der Waals surface area (Å²) in [6.45, 7) is 0. The molecule has 31 heavy (non-hydrogen) atoms. The van der Waals surface area contributed by atoms with Crippen LogP contribution in [-0.4, -0.2) is 33.2 Å². The smallest absolute Gasteiger partial charge is 0.203 e. The van der Waals surface area contributed by atoms with Gasteiger partial charge in [-0.1, -0.05) is 30.3 Å². The van der Waals surface area contributed by atoms with Crippen LogP contribution in [0.2, 0.25) is 0 Å². The number of rotatable bonds is 4. The minimum atomic E-state index is -0.241. The van der Waals surface area contributed by atoms with Gasteiger partial charge in [-0.05, 0) is 47.4 Å². The van der Waals surface area contributed by atoms with Gasteiger partial charge in [-0.3, -0.25) is 4.79 Å². The fourth-order valence-electron chi connectivity index (χ4n) is 5.26. The first-order valence-corrected chi connectivity index (χ1v) is 10.7. The Labute approximate surface area is 181 Å². The quantitative estimate of drug-likeness (QED) is 0.588. The summed E-state index contributed by atoms with van der Waals surface area (Å²) in [5.74, 6) is 2.44. The van der Waals surface area contributed by atoms with Crippen LogP contribution in [0.25, 0.3) is 10.8 Å². The van der Waals surface area contributed by atoms with E-state index in [1.807, 2.05) is 30.3 Å². The third-order valence-electron chi connectivity index (χ3n) is 6.61. The van der Waals surface area contributed by atoms with E-state index in [1.54, 1.807) is 21.3 Å². The summed E-state index contributed by atoms with van der Waals surface area (Å²) in [6.07, 6.45) is 2.21. The molecule has 0 amide bonds. The van der Waals surface area contributed by atoms with E-state index in [-0.39, 0.29) is 23.7 Å². The first-order valence-electron chi connectivity index (χ1n) is 10.7. The van der Waals surface area contributed by atoms with E-state index < -0.39 is 0 Å². The molecule has 1 aliphatic carbocycles. The average molecular weight is 418 g/mol. The largest absolute Gasteiger partial charge is 0.493 e. The van der Waals surface area contributed by atoms with Gasteiger partial charge < -0.3 is 18.9 Å². The van der Waals surface area contributed by atoms with Crippen LogP contribution in [-0.2, 0) is 4.79 Å². The van der Waals surface area contributed by atoms with Crippen molar-refractivity contribution in [3.05, 3.63) is 59.7 Å². The third kappa shape index (κ3) is 3.11.